The van der Waals surface area contributed by atoms with E-state index in [-0.39, 0.29) is 11.7 Å². The van der Waals surface area contributed by atoms with Crippen LogP contribution < -0.4 is 5.90 Å². The van der Waals surface area contributed by atoms with Crippen molar-refractivity contribution in [1.82, 2.24) is 4.98 Å². The summed E-state index contributed by atoms with van der Waals surface area (Å²) in [5, 5.41) is 0. The number of nitrogens with zero attached hydrogens (tertiary/aromatic N) is 1. The highest BCUT2D eigenvalue weighted by atomic mass is 32.2. The van der Waals surface area contributed by atoms with Crippen molar-refractivity contribution < 1.29 is 18.5 Å². The number of unbranched alkanes of at least 4 members (excludes halogenated alkanes) is 3. The monoisotopic (exact) mass is 412 g/mol. The van der Waals surface area contributed by atoms with Crippen molar-refractivity contribution in [1.29, 1.82) is 0 Å². The number of carbonyl (C=O) groups is 1. The second-order valence-corrected chi connectivity index (χ2v) is 7.40. The van der Waals surface area contributed by atoms with Crippen molar-refractivity contribution in [2.45, 2.75) is 43.4 Å². The van der Waals surface area contributed by atoms with Crippen molar-refractivity contribution in [2.75, 3.05) is 0 Å². The van der Waals surface area contributed by atoms with Crippen molar-refractivity contribution >= 4 is 17.8 Å². The van der Waals surface area contributed by atoms with E-state index in [1.54, 1.807) is 6.20 Å². The predicted molar refractivity (Wildman–Crippen MR) is 112 cm³/mol. The second-order valence-electron chi connectivity index (χ2n) is 6.63. The van der Waals surface area contributed by atoms with Gasteiger partial charge in [-0.1, -0.05) is 55.3 Å². The van der Waals surface area contributed by atoms with E-state index < -0.39 is 0 Å². The van der Waals surface area contributed by atoms with Gasteiger partial charge in [-0.25, -0.2) is 4.98 Å². The molecule has 2 N–H and O–H groups in total. The Balaban J connectivity index is 1.42. The molecule has 1 aromatic heterocycles. The lowest BCUT2D eigenvalue weighted by molar-refractivity contribution is -0.195. The van der Waals surface area contributed by atoms with Gasteiger partial charge >= 0.3 is 0 Å². The lowest BCUT2D eigenvalue weighted by Gasteiger charge is -2.02. The third-order valence-corrected chi connectivity index (χ3v) is 5.09. The first-order valence-corrected chi connectivity index (χ1v) is 10.3. The Labute approximate surface area is 174 Å². The Hall–Kier alpha value is -2.45. The number of ketones is 1. The first-order chi connectivity index (χ1) is 14.3. The SMILES string of the molecule is NOOSc1cccc(-c2cnc(C(=O)CCCCCCc3ccccc3)o2)c1. The van der Waals surface area contributed by atoms with E-state index in [0.717, 1.165) is 54.6 Å². The quantitative estimate of drug-likeness (QED) is 0.137. The summed E-state index contributed by atoms with van der Waals surface area (Å²) in [4.78, 5) is 21.4. The number of oxazole rings is 1. The molecule has 0 saturated carbocycles. The molecule has 0 aliphatic rings. The van der Waals surface area contributed by atoms with Gasteiger partial charge in [0.1, 0.15) is 0 Å². The average Bonchev–Trinajstić information content (AvgIpc) is 3.26. The smallest absolute Gasteiger partial charge is 0.263 e. The minimum absolute atomic E-state index is 0.0651. The van der Waals surface area contributed by atoms with Gasteiger partial charge in [-0.2, -0.15) is 5.90 Å². The molecule has 152 valence electrons. The minimum Gasteiger partial charge on any atom is -0.434 e. The van der Waals surface area contributed by atoms with Crippen LogP contribution in [0.3, 0.4) is 0 Å². The van der Waals surface area contributed by atoms with Crippen LogP contribution in [0.4, 0.5) is 0 Å². The molecule has 0 aliphatic carbocycles. The molecule has 0 aliphatic heterocycles. The molecule has 0 spiro atoms. The van der Waals surface area contributed by atoms with E-state index in [0.29, 0.717) is 12.2 Å². The highest BCUT2D eigenvalue weighted by molar-refractivity contribution is 7.94. The number of hydrogen-bond donors (Lipinski definition) is 1. The lowest BCUT2D eigenvalue weighted by atomic mass is 10.0. The summed E-state index contributed by atoms with van der Waals surface area (Å²) in [6.45, 7) is 0. The van der Waals surface area contributed by atoms with Crippen LogP contribution in [0.15, 0.2) is 70.1 Å². The van der Waals surface area contributed by atoms with Crippen LogP contribution in [0.5, 0.6) is 0 Å². The molecule has 0 amide bonds. The summed E-state index contributed by atoms with van der Waals surface area (Å²) in [5.41, 5.74) is 2.16. The predicted octanol–water partition coefficient (Wildman–Crippen LogP) is 5.55. The molecule has 0 atom stereocenters. The van der Waals surface area contributed by atoms with Gasteiger partial charge < -0.3 is 4.42 Å². The Kier molecular flexibility index (Phi) is 8.45. The highest BCUT2D eigenvalue weighted by Crippen LogP contribution is 2.27. The van der Waals surface area contributed by atoms with Gasteiger partial charge in [-0.05, 0) is 37.0 Å². The van der Waals surface area contributed by atoms with Gasteiger partial charge in [-0.15, -0.1) is 9.32 Å². The lowest BCUT2D eigenvalue weighted by Crippen LogP contribution is -1.99. The summed E-state index contributed by atoms with van der Waals surface area (Å²) in [6.07, 6.45) is 7.20. The number of aromatic nitrogens is 1. The molecule has 0 unspecified atom stereocenters. The number of hydrogen-bond acceptors (Lipinski definition) is 7. The molecule has 0 saturated heterocycles. The molecule has 6 nitrogen and oxygen atoms in total. The summed E-state index contributed by atoms with van der Waals surface area (Å²) in [6, 6.07) is 17.9. The third kappa shape index (κ3) is 6.83. The summed E-state index contributed by atoms with van der Waals surface area (Å²) >= 11 is 0.982. The first kappa shape index (κ1) is 21.3. The maximum atomic E-state index is 12.3. The standard InChI is InChI=1S/C22H24N2O4S/c23-27-28-29-19-13-8-12-18(15-19)21-16-24-22(26-21)20(25)14-7-2-1-4-9-17-10-5-3-6-11-17/h3,5-6,8,10-13,15-16H,1-2,4,7,9,14,23H2. The molecule has 29 heavy (non-hydrogen) atoms. The van der Waals surface area contributed by atoms with Gasteiger partial charge in [0.05, 0.1) is 18.2 Å². The third-order valence-electron chi connectivity index (χ3n) is 4.49. The van der Waals surface area contributed by atoms with E-state index in [1.807, 2.05) is 30.3 Å². The van der Waals surface area contributed by atoms with E-state index in [4.69, 9.17) is 10.3 Å². The fraction of sp³-hybridized carbons (Fsp3) is 0.273. The van der Waals surface area contributed by atoms with Crippen LogP contribution in [0.1, 0.15) is 48.4 Å². The molecule has 0 radical (unpaired) electrons. The average molecular weight is 413 g/mol. The number of benzene rings is 2. The van der Waals surface area contributed by atoms with Gasteiger partial charge in [0, 0.05) is 16.9 Å². The van der Waals surface area contributed by atoms with E-state index >= 15 is 0 Å². The highest BCUT2D eigenvalue weighted by Gasteiger charge is 2.14. The van der Waals surface area contributed by atoms with Crippen molar-refractivity contribution in [3.8, 4) is 11.3 Å². The van der Waals surface area contributed by atoms with Crippen LogP contribution in [0.25, 0.3) is 11.3 Å². The molecule has 3 aromatic rings. The zero-order valence-electron chi connectivity index (χ0n) is 16.1. The topological polar surface area (TPSA) is 87.6 Å². The maximum absolute atomic E-state index is 12.3. The summed E-state index contributed by atoms with van der Waals surface area (Å²) in [5.74, 6) is 5.47. The molecular weight excluding hydrogens is 388 g/mol. The van der Waals surface area contributed by atoms with Crippen molar-refractivity contribution in [3.05, 3.63) is 72.2 Å². The van der Waals surface area contributed by atoms with E-state index in [1.165, 1.54) is 5.56 Å². The fourth-order valence-corrected chi connectivity index (χ4v) is 3.44. The van der Waals surface area contributed by atoms with Crippen molar-refractivity contribution in [2.24, 2.45) is 5.90 Å². The van der Waals surface area contributed by atoms with Crippen LogP contribution >= 0.6 is 12.0 Å². The Morgan fingerprint density at radius 2 is 1.86 bits per heavy atom. The molecule has 0 bridgehead atoms. The van der Waals surface area contributed by atoms with Gasteiger partial charge in [0.15, 0.2) is 5.76 Å². The molecule has 1 heterocycles. The Bertz CT molecular complexity index is 899. The van der Waals surface area contributed by atoms with Gasteiger partial charge in [0.2, 0.25) is 5.78 Å². The number of aryl methyl sites for hydroxylation is 1. The number of rotatable bonds is 12. The summed E-state index contributed by atoms with van der Waals surface area (Å²) < 4.78 is 10.3. The van der Waals surface area contributed by atoms with Crippen LogP contribution in [-0.4, -0.2) is 10.8 Å². The van der Waals surface area contributed by atoms with Crippen molar-refractivity contribution in [3.63, 3.8) is 0 Å². The maximum Gasteiger partial charge on any atom is 0.263 e. The summed E-state index contributed by atoms with van der Waals surface area (Å²) in [7, 11) is 0. The molecule has 3 rings (SSSR count). The molecule has 7 heteroatoms. The normalized spacial score (nSPS) is 10.9. The largest absolute Gasteiger partial charge is 0.434 e. The van der Waals surface area contributed by atoms with Gasteiger partial charge in [0.25, 0.3) is 5.89 Å². The van der Waals surface area contributed by atoms with Gasteiger partial charge in [-0.3, -0.25) is 4.79 Å². The second kappa shape index (κ2) is 11.5. The zero-order valence-corrected chi connectivity index (χ0v) is 16.9. The number of Topliss-reactive ketones (excluding diaryl/α,β-unsaturated/α-hetero) is 1. The molecule has 2 aromatic carbocycles. The zero-order chi connectivity index (χ0) is 20.3. The van der Waals surface area contributed by atoms with Crippen LogP contribution in [-0.2, 0) is 15.7 Å². The van der Waals surface area contributed by atoms with E-state index in [9.17, 15) is 4.79 Å². The van der Waals surface area contributed by atoms with Crippen LogP contribution in [0, 0.1) is 0 Å². The van der Waals surface area contributed by atoms with E-state index in [2.05, 4.69) is 38.6 Å². The fourth-order valence-electron chi connectivity index (χ4n) is 3.02. The number of nitrogens with two attached hydrogens (primary N) is 1. The van der Waals surface area contributed by atoms with Crippen LogP contribution in [0.2, 0.25) is 0 Å². The molecule has 0 fully saturated rings. The Morgan fingerprint density at radius 1 is 1.03 bits per heavy atom. The minimum atomic E-state index is -0.0651. The molecular formula is C22H24N2O4S. The number of carbonyl (C=O) groups excluding carboxylic acids is 1. The first-order valence-electron chi connectivity index (χ1n) is 9.60. The Morgan fingerprint density at radius 3 is 2.69 bits per heavy atom.